The molecule has 0 aromatic heterocycles. The van der Waals surface area contributed by atoms with Gasteiger partial charge in [-0.25, -0.2) is 8.42 Å². The molecule has 0 radical (unpaired) electrons. The molecule has 19 heavy (non-hydrogen) atoms. The van der Waals surface area contributed by atoms with Gasteiger partial charge in [0.05, 0.1) is 17.9 Å². The van der Waals surface area contributed by atoms with E-state index in [1.54, 1.807) is 25.1 Å². The summed E-state index contributed by atoms with van der Waals surface area (Å²) in [6.07, 6.45) is 1.10. The van der Waals surface area contributed by atoms with Crippen molar-refractivity contribution in [3.8, 4) is 0 Å². The van der Waals surface area contributed by atoms with Gasteiger partial charge < -0.3 is 10.6 Å². The first-order valence-electron chi connectivity index (χ1n) is 5.95. The Hall–Kier alpha value is -1.60. The lowest BCUT2D eigenvalue weighted by Gasteiger charge is -2.25. The minimum atomic E-state index is -3.29. The van der Waals surface area contributed by atoms with Gasteiger partial charge in [-0.3, -0.25) is 9.52 Å². The van der Waals surface area contributed by atoms with Gasteiger partial charge in [-0.2, -0.15) is 0 Å². The van der Waals surface area contributed by atoms with E-state index in [1.807, 2.05) is 0 Å². The molecular weight excluding hydrogens is 266 g/mol. The van der Waals surface area contributed by atoms with E-state index in [-0.39, 0.29) is 11.8 Å². The zero-order valence-corrected chi connectivity index (χ0v) is 11.7. The van der Waals surface area contributed by atoms with E-state index in [2.05, 4.69) is 15.4 Å². The molecule has 0 saturated carbocycles. The molecule has 0 atom stereocenters. The van der Waals surface area contributed by atoms with Crippen LogP contribution in [0.2, 0.25) is 0 Å². The van der Waals surface area contributed by atoms with Gasteiger partial charge in [0, 0.05) is 18.8 Å². The van der Waals surface area contributed by atoms with Crippen LogP contribution in [0.25, 0.3) is 0 Å². The van der Waals surface area contributed by atoms with Gasteiger partial charge in [-0.15, -0.1) is 0 Å². The molecule has 104 valence electrons. The molecule has 1 aliphatic rings. The highest BCUT2D eigenvalue weighted by atomic mass is 32.2. The summed E-state index contributed by atoms with van der Waals surface area (Å²) in [4.78, 5) is 11.8. The Labute approximate surface area is 112 Å². The third-order valence-electron chi connectivity index (χ3n) is 2.94. The highest BCUT2D eigenvalue weighted by molar-refractivity contribution is 7.92. The molecule has 0 bridgehead atoms. The Balaban J connectivity index is 2.07. The van der Waals surface area contributed by atoms with Gasteiger partial charge in [0.25, 0.3) is 0 Å². The molecule has 6 nitrogen and oxygen atoms in total. The van der Waals surface area contributed by atoms with Crippen molar-refractivity contribution in [1.29, 1.82) is 0 Å². The Morgan fingerprint density at radius 1 is 1.37 bits per heavy atom. The van der Waals surface area contributed by atoms with Crippen molar-refractivity contribution >= 4 is 27.3 Å². The maximum Gasteiger partial charge on any atom is 0.230 e. The van der Waals surface area contributed by atoms with Crippen molar-refractivity contribution in [1.82, 2.24) is 5.32 Å². The lowest BCUT2D eigenvalue weighted by molar-refractivity contribution is -0.121. The van der Waals surface area contributed by atoms with Gasteiger partial charge >= 0.3 is 0 Å². The first-order valence-corrected chi connectivity index (χ1v) is 7.84. The van der Waals surface area contributed by atoms with E-state index in [0.717, 1.165) is 11.8 Å². The van der Waals surface area contributed by atoms with Crippen LogP contribution in [0.3, 0.4) is 0 Å². The lowest BCUT2D eigenvalue weighted by atomic mass is 10.0. The predicted octanol–water partition coefficient (Wildman–Crippen LogP) is 0.524. The molecule has 0 aliphatic carbocycles. The van der Waals surface area contributed by atoms with Crippen LogP contribution >= 0.6 is 0 Å². The third-order valence-corrected chi connectivity index (χ3v) is 3.53. The fourth-order valence-corrected chi connectivity index (χ4v) is 2.40. The van der Waals surface area contributed by atoms with E-state index >= 15 is 0 Å². The molecule has 2 rings (SSSR count). The van der Waals surface area contributed by atoms with Gasteiger partial charge in [-0.05, 0) is 30.7 Å². The Morgan fingerprint density at radius 3 is 2.53 bits per heavy atom. The molecule has 1 aromatic rings. The van der Waals surface area contributed by atoms with Crippen LogP contribution in [0.15, 0.2) is 18.2 Å². The lowest BCUT2D eigenvalue weighted by Crippen LogP contribution is -2.48. The van der Waals surface area contributed by atoms with Crippen LogP contribution in [-0.2, 0) is 14.8 Å². The molecule has 1 amide bonds. The number of carbonyl (C=O) groups is 1. The summed E-state index contributed by atoms with van der Waals surface area (Å²) >= 11 is 0. The largest absolute Gasteiger partial charge is 0.326 e. The molecule has 1 heterocycles. The molecule has 0 unspecified atom stereocenters. The van der Waals surface area contributed by atoms with Crippen molar-refractivity contribution < 1.29 is 13.2 Å². The fourth-order valence-electron chi connectivity index (χ4n) is 1.77. The van der Waals surface area contributed by atoms with Crippen LogP contribution in [-0.4, -0.2) is 33.7 Å². The second kappa shape index (κ2) is 5.18. The molecule has 3 N–H and O–H groups in total. The SMILES string of the molecule is Cc1cc(NC(=O)C2CNC2)ccc1NS(C)(=O)=O. The number of rotatable bonds is 4. The smallest absolute Gasteiger partial charge is 0.230 e. The number of hydrogen-bond donors (Lipinski definition) is 3. The highest BCUT2D eigenvalue weighted by Crippen LogP contribution is 2.21. The predicted molar refractivity (Wildman–Crippen MR) is 74.6 cm³/mol. The van der Waals surface area contributed by atoms with Crippen LogP contribution in [0.5, 0.6) is 0 Å². The summed E-state index contributed by atoms with van der Waals surface area (Å²) in [6.45, 7) is 3.20. The Kier molecular flexibility index (Phi) is 3.77. The van der Waals surface area contributed by atoms with E-state index < -0.39 is 10.0 Å². The average Bonchev–Trinajstić information content (AvgIpc) is 2.17. The number of nitrogens with one attached hydrogen (secondary N) is 3. The second-order valence-corrected chi connectivity index (χ2v) is 6.50. The van der Waals surface area contributed by atoms with Crippen LogP contribution in [0.1, 0.15) is 5.56 Å². The zero-order valence-electron chi connectivity index (χ0n) is 10.9. The summed E-state index contributed by atoms with van der Waals surface area (Å²) in [5.41, 5.74) is 1.95. The third kappa shape index (κ3) is 3.68. The molecule has 1 saturated heterocycles. The number of sulfonamides is 1. The van der Waals surface area contributed by atoms with E-state index in [1.165, 1.54) is 0 Å². The van der Waals surface area contributed by atoms with Gasteiger partial charge in [0.2, 0.25) is 15.9 Å². The zero-order chi connectivity index (χ0) is 14.0. The number of carbonyl (C=O) groups excluding carboxylic acids is 1. The van der Waals surface area contributed by atoms with E-state index in [0.29, 0.717) is 24.5 Å². The topological polar surface area (TPSA) is 87.3 Å². The molecule has 1 aromatic carbocycles. The molecule has 1 aliphatic heterocycles. The molecule has 7 heteroatoms. The molecule has 0 spiro atoms. The molecule has 1 fully saturated rings. The Morgan fingerprint density at radius 2 is 2.05 bits per heavy atom. The normalized spacial score (nSPS) is 15.7. The van der Waals surface area contributed by atoms with Crippen molar-refractivity contribution in [2.75, 3.05) is 29.4 Å². The minimum Gasteiger partial charge on any atom is -0.326 e. The number of amides is 1. The number of hydrogen-bond acceptors (Lipinski definition) is 4. The molecular formula is C12H17N3O3S. The van der Waals surface area contributed by atoms with E-state index in [4.69, 9.17) is 0 Å². The standard InChI is InChI=1S/C12H17N3O3S/c1-8-5-10(14-12(16)9-6-13-7-9)3-4-11(8)15-19(2,17)18/h3-5,9,13,15H,6-7H2,1-2H3,(H,14,16). The summed E-state index contributed by atoms with van der Waals surface area (Å²) in [5, 5.41) is 5.86. The maximum atomic E-state index is 11.8. The highest BCUT2D eigenvalue weighted by Gasteiger charge is 2.24. The monoisotopic (exact) mass is 283 g/mol. The Bertz CT molecular complexity index is 594. The second-order valence-electron chi connectivity index (χ2n) is 4.75. The van der Waals surface area contributed by atoms with Crippen molar-refractivity contribution in [2.45, 2.75) is 6.92 Å². The summed E-state index contributed by atoms with van der Waals surface area (Å²) in [7, 11) is -3.29. The quantitative estimate of drug-likeness (QED) is 0.752. The number of aryl methyl sites for hydroxylation is 1. The fraction of sp³-hybridized carbons (Fsp3) is 0.417. The van der Waals surface area contributed by atoms with Crippen LogP contribution in [0.4, 0.5) is 11.4 Å². The van der Waals surface area contributed by atoms with Crippen molar-refractivity contribution in [3.05, 3.63) is 23.8 Å². The average molecular weight is 283 g/mol. The summed E-state index contributed by atoms with van der Waals surface area (Å²) in [6, 6.07) is 5.08. The van der Waals surface area contributed by atoms with E-state index in [9.17, 15) is 13.2 Å². The first-order chi connectivity index (χ1) is 8.85. The van der Waals surface area contributed by atoms with Crippen LogP contribution in [0, 0.1) is 12.8 Å². The van der Waals surface area contributed by atoms with Crippen LogP contribution < -0.4 is 15.4 Å². The van der Waals surface area contributed by atoms with Crippen molar-refractivity contribution in [2.24, 2.45) is 5.92 Å². The van der Waals surface area contributed by atoms with Gasteiger partial charge in [-0.1, -0.05) is 0 Å². The minimum absolute atomic E-state index is 0.0121. The summed E-state index contributed by atoms with van der Waals surface area (Å²) < 4.78 is 24.8. The van der Waals surface area contributed by atoms with Crippen molar-refractivity contribution in [3.63, 3.8) is 0 Å². The maximum absolute atomic E-state index is 11.8. The number of benzene rings is 1. The number of anilines is 2. The first kappa shape index (κ1) is 13.8. The van der Waals surface area contributed by atoms with Gasteiger partial charge in [0.15, 0.2) is 0 Å². The van der Waals surface area contributed by atoms with Gasteiger partial charge in [0.1, 0.15) is 0 Å². The summed E-state index contributed by atoms with van der Waals surface area (Å²) in [5.74, 6) is 0.0103.